The van der Waals surface area contributed by atoms with E-state index in [2.05, 4.69) is 42.0 Å². The normalized spacial score (nSPS) is 14.5. The second kappa shape index (κ2) is 7.42. The molecular weight excluding hydrogens is 407 g/mol. The fourth-order valence-corrected chi connectivity index (χ4v) is 3.77. The SMILES string of the molecule is Nc1nc(-c2c[nH]c3ncc(Cl)nc23)nc(N2CCN(c3ccccc3)CC2)c1F. The molecule has 0 saturated carbocycles. The number of nitrogens with zero attached hydrogens (tertiary/aromatic N) is 6. The van der Waals surface area contributed by atoms with Crippen molar-refractivity contribution in [1.29, 1.82) is 0 Å². The van der Waals surface area contributed by atoms with E-state index in [1.54, 1.807) is 6.20 Å². The molecule has 4 aromatic rings. The Kier molecular flexibility index (Phi) is 4.59. The summed E-state index contributed by atoms with van der Waals surface area (Å²) >= 11 is 5.98. The Morgan fingerprint density at radius 2 is 1.73 bits per heavy atom. The number of fused-ring (bicyclic) bond motifs is 1. The van der Waals surface area contributed by atoms with Gasteiger partial charge in [-0.2, -0.15) is 4.39 Å². The van der Waals surface area contributed by atoms with Gasteiger partial charge in [0.05, 0.1) is 11.8 Å². The quantitative estimate of drug-likeness (QED) is 0.521. The van der Waals surface area contributed by atoms with Crippen LogP contribution in [0.4, 0.5) is 21.7 Å². The highest BCUT2D eigenvalue weighted by molar-refractivity contribution is 6.29. The number of anilines is 3. The number of hydrogen-bond donors (Lipinski definition) is 2. The molecule has 1 aliphatic heterocycles. The first-order valence-corrected chi connectivity index (χ1v) is 9.86. The molecule has 0 radical (unpaired) electrons. The van der Waals surface area contributed by atoms with E-state index in [1.165, 1.54) is 6.20 Å². The Bertz CT molecular complexity index is 1200. The number of aromatic amines is 1. The zero-order valence-electron chi connectivity index (χ0n) is 15.9. The van der Waals surface area contributed by atoms with Crippen molar-refractivity contribution in [1.82, 2.24) is 24.9 Å². The average Bonchev–Trinajstić information content (AvgIpc) is 3.19. The Balaban J connectivity index is 1.46. The zero-order chi connectivity index (χ0) is 20.7. The number of nitrogen functional groups attached to an aromatic ring is 1. The number of hydrogen-bond acceptors (Lipinski definition) is 7. The van der Waals surface area contributed by atoms with Crippen LogP contribution in [0.5, 0.6) is 0 Å². The number of nitrogens with two attached hydrogens (primary N) is 1. The second-order valence-corrected chi connectivity index (χ2v) is 7.36. The molecule has 0 spiro atoms. The zero-order valence-corrected chi connectivity index (χ0v) is 16.6. The van der Waals surface area contributed by atoms with Crippen LogP contribution >= 0.6 is 11.6 Å². The molecule has 0 atom stereocenters. The van der Waals surface area contributed by atoms with Gasteiger partial charge in [0.25, 0.3) is 0 Å². The lowest BCUT2D eigenvalue weighted by Gasteiger charge is -2.36. The summed E-state index contributed by atoms with van der Waals surface area (Å²) < 4.78 is 14.8. The number of aromatic nitrogens is 5. The first-order chi connectivity index (χ1) is 14.6. The summed E-state index contributed by atoms with van der Waals surface area (Å²) in [4.78, 5) is 24.3. The molecule has 10 heteroatoms. The molecule has 152 valence electrons. The van der Waals surface area contributed by atoms with Crippen molar-refractivity contribution in [3.8, 4) is 11.4 Å². The van der Waals surface area contributed by atoms with Gasteiger partial charge in [-0.3, -0.25) is 0 Å². The minimum atomic E-state index is -0.615. The van der Waals surface area contributed by atoms with Crippen LogP contribution in [-0.2, 0) is 0 Å². The Labute approximate surface area is 176 Å². The lowest BCUT2D eigenvalue weighted by Crippen LogP contribution is -2.47. The largest absolute Gasteiger partial charge is 0.381 e. The third-order valence-electron chi connectivity index (χ3n) is 5.15. The van der Waals surface area contributed by atoms with E-state index < -0.39 is 5.82 Å². The predicted octanol–water partition coefficient (Wildman–Crippen LogP) is 3.12. The van der Waals surface area contributed by atoms with Gasteiger partial charge in [0.2, 0.25) is 5.82 Å². The molecular formula is C20H18ClFN8. The van der Waals surface area contributed by atoms with E-state index in [0.717, 1.165) is 18.8 Å². The van der Waals surface area contributed by atoms with Crippen LogP contribution in [0.25, 0.3) is 22.6 Å². The maximum atomic E-state index is 14.8. The van der Waals surface area contributed by atoms with E-state index in [9.17, 15) is 4.39 Å². The van der Waals surface area contributed by atoms with Crippen LogP contribution in [0, 0.1) is 5.82 Å². The van der Waals surface area contributed by atoms with Crippen LogP contribution in [0.3, 0.4) is 0 Å². The van der Waals surface area contributed by atoms with Crippen molar-refractivity contribution in [2.45, 2.75) is 0 Å². The maximum absolute atomic E-state index is 14.8. The summed E-state index contributed by atoms with van der Waals surface area (Å²) in [7, 11) is 0. The van der Waals surface area contributed by atoms with Crippen molar-refractivity contribution in [2.24, 2.45) is 0 Å². The topological polar surface area (TPSA) is 99.8 Å². The molecule has 1 aliphatic rings. The molecule has 1 saturated heterocycles. The van der Waals surface area contributed by atoms with Crippen molar-refractivity contribution in [2.75, 3.05) is 41.7 Å². The fourth-order valence-electron chi connectivity index (χ4n) is 3.64. The minimum absolute atomic E-state index is 0.189. The third-order valence-corrected chi connectivity index (χ3v) is 5.33. The molecule has 3 aromatic heterocycles. The van der Waals surface area contributed by atoms with Crippen molar-refractivity contribution in [3.05, 3.63) is 53.7 Å². The Morgan fingerprint density at radius 1 is 1.00 bits per heavy atom. The molecule has 4 heterocycles. The van der Waals surface area contributed by atoms with E-state index in [0.29, 0.717) is 29.8 Å². The Morgan fingerprint density at radius 3 is 2.50 bits per heavy atom. The van der Waals surface area contributed by atoms with Crippen molar-refractivity contribution < 1.29 is 4.39 Å². The lowest BCUT2D eigenvalue weighted by atomic mass is 10.2. The smallest absolute Gasteiger partial charge is 0.207 e. The highest BCUT2D eigenvalue weighted by atomic mass is 35.5. The second-order valence-electron chi connectivity index (χ2n) is 6.97. The summed E-state index contributed by atoms with van der Waals surface area (Å²) in [5.74, 6) is -0.354. The summed E-state index contributed by atoms with van der Waals surface area (Å²) in [5.41, 5.74) is 8.65. The number of piperazine rings is 1. The molecule has 0 aliphatic carbocycles. The number of nitrogens with one attached hydrogen (secondary N) is 1. The number of benzene rings is 1. The van der Waals surface area contributed by atoms with Gasteiger partial charge in [-0.15, -0.1) is 0 Å². The van der Waals surface area contributed by atoms with Gasteiger partial charge in [0.1, 0.15) is 10.7 Å². The monoisotopic (exact) mass is 424 g/mol. The maximum Gasteiger partial charge on any atom is 0.207 e. The van der Waals surface area contributed by atoms with Gasteiger partial charge in [-0.25, -0.2) is 19.9 Å². The van der Waals surface area contributed by atoms with Gasteiger partial charge in [0, 0.05) is 38.1 Å². The van der Waals surface area contributed by atoms with Gasteiger partial charge >= 0.3 is 0 Å². The number of para-hydroxylation sites is 1. The van der Waals surface area contributed by atoms with E-state index in [1.807, 2.05) is 23.1 Å². The first kappa shape index (κ1) is 18.6. The van der Waals surface area contributed by atoms with Gasteiger partial charge in [-0.1, -0.05) is 29.8 Å². The number of halogens is 2. The van der Waals surface area contributed by atoms with E-state index in [-0.39, 0.29) is 22.6 Å². The predicted molar refractivity (Wildman–Crippen MR) is 115 cm³/mol. The van der Waals surface area contributed by atoms with Gasteiger partial charge < -0.3 is 20.5 Å². The molecule has 0 amide bonds. The lowest BCUT2D eigenvalue weighted by molar-refractivity contribution is 0.588. The standard InChI is InChI=1S/C20H18ClFN8/c21-14-11-25-19-16(26-14)13(10-24-19)18-27-17(23)15(22)20(28-18)30-8-6-29(7-9-30)12-4-2-1-3-5-12/h1-5,10-11H,6-9H2,(H,24,25)(H2,23,27,28). The first-order valence-electron chi connectivity index (χ1n) is 9.48. The van der Waals surface area contributed by atoms with Gasteiger partial charge in [0.15, 0.2) is 23.1 Å². The molecule has 1 aromatic carbocycles. The molecule has 1 fully saturated rings. The molecule has 8 nitrogen and oxygen atoms in total. The summed E-state index contributed by atoms with van der Waals surface area (Å²) in [6, 6.07) is 10.1. The van der Waals surface area contributed by atoms with Crippen molar-refractivity contribution in [3.63, 3.8) is 0 Å². The highest BCUT2D eigenvalue weighted by Crippen LogP contribution is 2.30. The molecule has 5 rings (SSSR count). The molecule has 30 heavy (non-hydrogen) atoms. The average molecular weight is 425 g/mol. The number of rotatable bonds is 3. The van der Waals surface area contributed by atoms with E-state index in [4.69, 9.17) is 17.3 Å². The summed E-state index contributed by atoms with van der Waals surface area (Å²) in [5, 5.41) is 0.246. The third kappa shape index (κ3) is 3.26. The van der Waals surface area contributed by atoms with E-state index >= 15 is 0 Å². The summed E-state index contributed by atoms with van der Waals surface area (Å²) in [6.45, 7) is 2.72. The van der Waals surface area contributed by atoms with Crippen LogP contribution in [0.2, 0.25) is 5.15 Å². The fraction of sp³-hybridized carbons (Fsp3) is 0.200. The number of H-pyrrole nitrogens is 1. The minimum Gasteiger partial charge on any atom is -0.381 e. The molecule has 0 unspecified atom stereocenters. The van der Waals surface area contributed by atoms with Crippen LogP contribution in [-0.4, -0.2) is 51.1 Å². The summed E-state index contributed by atoms with van der Waals surface area (Å²) in [6.07, 6.45) is 3.12. The Hall–Kier alpha value is -3.46. The van der Waals surface area contributed by atoms with Gasteiger partial charge in [-0.05, 0) is 12.1 Å². The van der Waals surface area contributed by atoms with Crippen molar-refractivity contribution >= 4 is 40.1 Å². The highest BCUT2D eigenvalue weighted by Gasteiger charge is 2.24. The van der Waals surface area contributed by atoms with Crippen LogP contribution in [0.1, 0.15) is 0 Å². The van der Waals surface area contributed by atoms with Crippen LogP contribution < -0.4 is 15.5 Å². The molecule has 0 bridgehead atoms. The molecule has 3 N–H and O–H groups in total. The van der Waals surface area contributed by atoms with Crippen LogP contribution in [0.15, 0.2) is 42.7 Å².